The van der Waals surface area contributed by atoms with Crippen LogP contribution in [-0.2, 0) is 4.74 Å². The molecule has 2 rings (SSSR count). The lowest BCUT2D eigenvalue weighted by molar-refractivity contribution is 0.0768. The first-order chi connectivity index (χ1) is 6.77. The van der Waals surface area contributed by atoms with Crippen LogP contribution in [0, 0.1) is 5.82 Å². The van der Waals surface area contributed by atoms with Crippen molar-refractivity contribution in [2.24, 2.45) is 0 Å². The van der Waals surface area contributed by atoms with Gasteiger partial charge in [0.15, 0.2) is 0 Å². The normalized spacial score (nSPS) is 20.8. The highest BCUT2D eigenvalue weighted by Crippen LogP contribution is 2.22. The SMILES string of the molecule is Cl.Fc1ccc([C@@H]2COCCN2)cc1Br. The molecule has 1 N–H and O–H groups in total. The third kappa shape index (κ3) is 3.14. The van der Waals surface area contributed by atoms with E-state index in [9.17, 15) is 4.39 Å². The second-order valence-electron chi connectivity index (χ2n) is 3.26. The molecule has 0 aromatic heterocycles. The first kappa shape index (κ1) is 12.9. The molecule has 0 spiro atoms. The van der Waals surface area contributed by atoms with Crippen LogP contribution in [0.5, 0.6) is 0 Å². The largest absolute Gasteiger partial charge is 0.378 e. The maximum Gasteiger partial charge on any atom is 0.137 e. The number of hydrogen-bond donors (Lipinski definition) is 1. The smallest absolute Gasteiger partial charge is 0.137 e. The van der Waals surface area contributed by atoms with Gasteiger partial charge in [0.05, 0.1) is 23.7 Å². The Hall–Kier alpha value is -0.160. The van der Waals surface area contributed by atoms with Gasteiger partial charge in [-0.1, -0.05) is 6.07 Å². The lowest BCUT2D eigenvalue weighted by Crippen LogP contribution is -2.34. The zero-order valence-corrected chi connectivity index (χ0v) is 10.4. The Kier molecular flexibility index (Phi) is 4.99. The van der Waals surface area contributed by atoms with E-state index < -0.39 is 0 Å². The minimum atomic E-state index is -0.231. The van der Waals surface area contributed by atoms with Crippen LogP contribution < -0.4 is 5.32 Å². The molecule has 0 aliphatic carbocycles. The van der Waals surface area contributed by atoms with Crippen LogP contribution in [0.3, 0.4) is 0 Å². The van der Waals surface area contributed by atoms with Crippen LogP contribution in [0.2, 0.25) is 0 Å². The lowest BCUT2D eigenvalue weighted by atomic mass is 10.1. The maximum atomic E-state index is 13.0. The fourth-order valence-electron chi connectivity index (χ4n) is 1.51. The number of nitrogens with one attached hydrogen (secondary N) is 1. The number of benzene rings is 1. The van der Waals surface area contributed by atoms with Crippen LogP contribution in [0.4, 0.5) is 4.39 Å². The fourth-order valence-corrected chi connectivity index (χ4v) is 1.91. The molecule has 1 aliphatic heterocycles. The molecule has 1 heterocycles. The van der Waals surface area contributed by atoms with Crippen molar-refractivity contribution in [2.75, 3.05) is 19.8 Å². The van der Waals surface area contributed by atoms with Crippen molar-refractivity contribution >= 4 is 28.3 Å². The minimum Gasteiger partial charge on any atom is -0.378 e. The second kappa shape index (κ2) is 5.80. The van der Waals surface area contributed by atoms with E-state index in [0.717, 1.165) is 18.7 Å². The highest BCUT2D eigenvalue weighted by atomic mass is 79.9. The number of hydrogen-bond acceptors (Lipinski definition) is 2. The molecule has 1 fully saturated rings. The standard InChI is InChI=1S/C10H11BrFNO.ClH/c11-8-5-7(1-2-9(8)12)10-6-14-4-3-13-10;/h1-2,5,10,13H,3-4,6H2;1H/t10-;/m0./s1. The quantitative estimate of drug-likeness (QED) is 0.860. The Balaban J connectivity index is 0.00000112. The van der Waals surface area contributed by atoms with E-state index in [0.29, 0.717) is 11.1 Å². The predicted octanol–water partition coefficient (Wildman–Crippen LogP) is 2.67. The monoisotopic (exact) mass is 295 g/mol. The van der Waals surface area contributed by atoms with Crippen LogP contribution in [0.15, 0.2) is 22.7 Å². The number of ether oxygens (including phenoxy) is 1. The maximum absolute atomic E-state index is 13.0. The van der Waals surface area contributed by atoms with Gasteiger partial charge >= 0.3 is 0 Å². The molecule has 1 aromatic carbocycles. The third-order valence-corrected chi connectivity index (χ3v) is 2.88. The van der Waals surface area contributed by atoms with E-state index in [2.05, 4.69) is 21.2 Å². The molecule has 5 heteroatoms. The van der Waals surface area contributed by atoms with Gasteiger partial charge in [0.2, 0.25) is 0 Å². The van der Waals surface area contributed by atoms with Crippen molar-refractivity contribution in [1.29, 1.82) is 0 Å². The topological polar surface area (TPSA) is 21.3 Å². The first-order valence-corrected chi connectivity index (χ1v) is 5.33. The molecule has 0 amide bonds. The molecular formula is C10H12BrClFNO. The lowest BCUT2D eigenvalue weighted by Gasteiger charge is -2.24. The zero-order chi connectivity index (χ0) is 9.97. The second-order valence-corrected chi connectivity index (χ2v) is 4.11. The molecule has 1 atom stereocenters. The van der Waals surface area contributed by atoms with E-state index in [1.165, 1.54) is 6.07 Å². The van der Waals surface area contributed by atoms with Crippen LogP contribution in [-0.4, -0.2) is 19.8 Å². The summed E-state index contributed by atoms with van der Waals surface area (Å²) in [4.78, 5) is 0. The van der Waals surface area contributed by atoms with Gasteiger partial charge in [-0.2, -0.15) is 0 Å². The van der Waals surface area contributed by atoms with Crippen molar-refractivity contribution < 1.29 is 9.13 Å². The molecule has 84 valence electrons. The van der Waals surface area contributed by atoms with Gasteiger partial charge < -0.3 is 10.1 Å². The minimum absolute atomic E-state index is 0. The summed E-state index contributed by atoms with van der Waals surface area (Å²) in [5.74, 6) is -0.231. The molecule has 1 saturated heterocycles. The Bertz CT molecular complexity index is 331. The Morgan fingerprint density at radius 2 is 2.27 bits per heavy atom. The van der Waals surface area contributed by atoms with Crippen LogP contribution in [0.25, 0.3) is 0 Å². The highest BCUT2D eigenvalue weighted by Gasteiger charge is 2.15. The van der Waals surface area contributed by atoms with Gasteiger partial charge in [0.25, 0.3) is 0 Å². The molecule has 0 radical (unpaired) electrons. The molecule has 15 heavy (non-hydrogen) atoms. The van der Waals surface area contributed by atoms with Crippen molar-refractivity contribution in [3.05, 3.63) is 34.1 Å². The van der Waals surface area contributed by atoms with E-state index in [-0.39, 0.29) is 24.3 Å². The van der Waals surface area contributed by atoms with E-state index in [4.69, 9.17) is 4.74 Å². The van der Waals surface area contributed by atoms with Gasteiger partial charge in [-0.25, -0.2) is 4.39 Å². The summed E-state index contributed by atoms with van der Waals surface area (Å²) in [5.41, 5.74) is 1.05. The molecule has 0 bridgehead atoms. The average molecular weight is 297 g/mol. The van der Waals surface area contributed by atoms with E-state index in [1.54, 1.807) is 12.1 Å². The average Bonchev–Trinajstić information content (AvgIpc) is 2.23. The number of rotatable bonds is 1. The summed E-state index contributed by atoms with van der Waals surface area (Å²) in [5, 5.41) is 3.31. The molecule has 0 unspecified atom stereocenters. The summed E-state index contributed by atoms with van der Waals surface area (Å²) in [6.45, 7) is 2.25. The highest BCUT2D eigenvalue weighted by molar-refractivity contribution is 9.10. The molecule has 2 nitrogen and oxygen atoms in total. The summed E-state index contributed by atoms with van der Waals surface area (Å²) >= 11 is 3.17. The number of halogens is 3. The van der Waals surface area contributed by atoms with Gasteiger partial charge in [-0.05, 0) is 33.6 Å². The van der Waals surface area contributed by atoms with E-state index >= 15 is 0 Å². The first-order valence-electron chi connectivity index (χ1n) is 4.53. The molecule has 1 aliphatic rings. The Morgan fingerprint density at radius 3 is 2.87 bits per heavy atom. The summed E-state index contributed by atoms with van der Waals surface area (Å²) < 4.78 is 18.8. The van der Waals surface area contributed by atoms with E-state index in [1.807, 2.05) is 0 Å². The van der Waals surface area contributed by atoms with Crippen LogP contribution in [0.1, 0.15) is 11.6 Å². The zero-order valence-electron chi connectivity index (χ0n) is 8.00. The Labute approximate surface area is 103 Å². The predicted molar refractivity (Wildman–Crippen MR) is 62.9 cm³/mol. The summed E-state index contributed by atoms with van der Waals surface area (Å²) in [6.07, 6.45) is 0. The summed E-state index contributed by atoms with van der Waals surface area (Å²) in [7, 11) is 0. The van der Waals surface area contributed by atoms with Gasteiger partial charge in [0.1, 0.15) is 5.82 Å². The van der Waals surface area contributed by atoms with Crippen LogP contribution >= 0.6 is 28.3 Å². The van der Waals surface area contributed by atoms with Crippen molar-refractivity contribution in [3.8, 4) is 0 Å². The van der Waals surface area contributed by atoms with Crippen molar-refractivity contribution in [1.82, 2.24) is 5.32 Å². The van der Waals surface area contributed by atoms with Crippen molar-refractivity contribution in [3.63, 3.8) is 0 Å². The fraction of sp³-hybridized carbons (Fsp3) is 0.400. The summed E-state index contributed by atoms with van der Waals surface area (Å²) in [6, 6.07) is 5.23. The Morgan fingerprint density at radius 1 is 1.47 bits per heavy atom. The third-order valence-electron chi connectivity index (χ3n) is 2.27. The van der Waals surface area contributed by atoms with Gasteiger partial charge in [-0.3, -0.25) is 0 Å². The van der Waals surface area contributed by atoms with Gasteiger partial charge in [-0.15, -0.1) is 12.4 Å². The molecule has 1 aromatic rings. The molecular weight excluding hydrogens is 284 g/mol. The molecule has 0 saturated carbocycles. The van der Waals surface area contributed by atoms with Crippen molar-refractivity contribution in [2.45, 2.75) is 6.04 Å². The van der Waals surface area contributed by atoms with Gasteiger partial charge in [0, 0.05) is 6.54 Å². The number of morpholine rings is 1.